The molecule has 0 atom stereocenters. The van der Waals surface area contributed by atoms with Crippen LogP contribution >= 0.6 is 0 Å². The van der Waals surface area contributed by atoms with E-state index in [0.717, 1.165) is 6.54 Å². The van der Waals surface area contributed by atoms with Crippen LogP contribution in [0.5, 0.6) is 0 Å². The zero-order valence-electron chi connectivity index (χ0n) is 3.56. The standard InChI is InChI=1S/C3H8N.Mo/c1-3-4-2;/h3H2,1-2H3;/q-1;+6. The first-order chi connectivity index (χ1) is 2.27. The van der Waals surface area contributed by atoms with Gasteiger partial charge >= 0.3 is 44.0 Å². The molecule has 1 nitrogen and oxygen atoms in total. The Morgan fingerprint density at radius 1 is 1.80 bits per heavy atom. The molecule has 0 heterocycles. The summed E-state index contributed by atoms with van der Waals surface area (Å²) in [5.74, 6) is 0. The average Bonchev–Trinajstić information content (AvgIpc) is 1.38. The maximum absolute atomic E-state index is 2.13. The summed E-state index contributed by atoms with van der Waals surface area (Å²) in [6.45, 7) is 3.27. The molecule has 0 N–H and O–H groups in total. The van der Waals surface area contributed by atoms with Crippen molar-refractivity contribution in [3.05, 3.63) is 0 Å². The third-order valence-corrected chi connectivity index (χ3v) is 1.08. The van der Waals surface area contributed by atoms with Crippen LogP contribution in [0.15, 0.2) is 0 Å². The topological polar surface area (TPSA) is 3.24 Å². The maximum atomic E-state index is 2.13. The van der Waals surface area contributed by atoms with Crippen LogP contribution in [-0.2, 0) is 20.1 Å². The minimum absolute atomic E-state index is 1.14. The second-order valence-electron chi connectivity index (χ2n) is 0.944. The molecule has 0 aromatic heterocycles. The summed E-state index contributed by atoms with van der Waals surface area (Å²) in [4.78, 5) is 0. The van der Waals surface area contributed by atoms with Crippen molar-refractivity contribution in [1.82, 2.24) is 3.46 Å². The summed E-state index contributed by atoms with van der Waals surface area (Å²) < 4.78 is 2.13. The summed E-state index contributed by atoms with van der Waals surface area (Å²) >= 11 is 1.99. The predicted molar refractivity (Wildman–Crippen MR) is 18.3 cm³/mol. The van der Waals surface area contributed by atoms with Gasteiger partial charge in [0.25, 0.3) is 0 Å². The molecule has 0 radical (unpaired) electrons. The van der Waals surface area contributed by atoms with Gasteiger partial charge in [-0.05, 0) is 0 Å². The van der Waals surface area contributed by atoms with Crippen molar-refractivity contribution in [2.24, 2.45) is 0 Å². The Kier molecular flexibility index (Phi) is 3.23. The molecule has 0 aromatic rings. The Bertz CT molecular complexity index is 20.9. The normalized spacial score (nSPS) is 9.80. The molecule has 0 fully saturated rings. The third kappa shape index (κ3) is 4.65. The quantitative estimate of drug-likeness (QED) is 0.494. The van der Waals surface area contributed by atoms with Crippen molar-refractivity contribution in [2.75, 3.05) is 13.6 Å². The molecule has 5 heavy (non-hydrogen) atoms. The number of rotatable bonds is 1. The van der Waals surface area contributed by atoms with E-state index in [1.54, 1.807) is 0 Å². The molecule has 0 aliphatic carbocycles. The van der Waals surface area contributed by atoms with Crippen molar-refractivity contribution in [1.29, 1.82) is 0 Å². The van der Waals surface area contributed by atoms with E-state index in [2.05, 4.69) is 17.4 Å². The molecular weight excluding hydrogens is 146 g/mol. The molecule has 0 unspecified atom stereocenters. The van der Waals surface area contributed by atoms with Crippen LogP contribution < -0.4 is 0 Å². The van der Waals surface area contributed by atoms with Gasteiger partial charge in [-0.1, -0.05) is 0 Å². The summed E-state index contributed by atoms with van der Waals surface area (Å²) in [7, 11) is 2.06. The minimum atomic E-state index is 1.14. The second kappa shape index (κ2) is 2.86. The van der Waals surface area contributed by atoms with Gasteiger partial charge in [0.05, 0.1) is 0 Å². The van der Waals surface area contributed by atoms with Crippen LogP contribution in [-0.4, -0.2) is 17.1 Å². The summed E-state index contributed by atoms with van der Waals surface area (Å²) in [6, 6.07) is 0. The number of hydrogen-bond acceptors (Lipinski definition) is 1. The van der Waals surface area contributed by atoms with E-state index < -0.39 is 0 Å². The fourth-order valence-electron chi connectivity index (χ4n) is 0. The van der Waals surface area contributed by atoms with Crippen LogP contribution in [0.1, 0.15) is 6.92 Å². The zero-order valence-corrected chi connectivity index (χ0v) is 5.57. The van der Waals surface area contributed by atoms with Gasteiger partial charge in [-0.2, -0.15) is 0 Å². The van der Waals surface area contributed by atoms with Crippen LogP contribution in [0.4, 0.5) is 0 Å². The Morgan fingerprint density at radius 2 is 2.00 bits per heavy atom. The molecule has 26 valence electrons. The van der Waals surface area contributed by atoms with Gasteiger partial charge in [0, 0.05) is 0 Å². The zero-order chi connectivity index (χ0) is 4.28. The molecule has 0 aliphatic rings. The van der Waals surface area contributed by atoms with Gasteiger partial charge in [-0.25, -0.2) is 0 Å². The first-order valence-electron chi connectivity index (χ1n) is 1.65. The van der Waals surface area contributed by atoms with Gasteiger partial charge in [-0.15, -0.1) is 0 Å². The van der Waals surface area contributed by atoms with Gasteiger partial charge in [-0.3, -0.25) is 0 Å². The van der Waals surface area contributed by atoms with Crippen molar-refractivity contribution >= 4 is 0 Å². The van der Waals surface area contributed by atoms with Crippen LogP contribution in [0, 0.1) is 0 Å². The fraction of sp³-hybridized carbons (Fsp3) is 1.00. The number of nitrogens with zero attached hydrogens (tertiary/aromatic N) is 1. The van der Waals surface area contributed by atoms with E-state index in [1.807, 2.05) is 20.1 Å². The first kappa shape index (κ1) is 5.65. The van der Waals surface area contributed by atoms with Crippen molar-refractivity contribution < 1.29 is 20.1 Å². The Labute approximate surface area is 44.5 Å². The van der Waals surface area contributed by atoms with Gasteiger partial charge < -0.3 is 0 Å². The monoisotopic (exact) mass is 156 g/mol. The van der Waals surface area contributed by atoms with Gasteiger partial charge in [0.2, 0.25) is 0 Å². The molecule has 0 aromatic carbocycles. The van der Waals surface area contributed by atoms with Crippen molar-refractivity contribution in [3.63, 3.8) is 0 Å². The molecule has 0 saturated carbocycles. The van der Waals surface area contributed by atoms with Crippen LogP contribution in [0.25, 0.3) is 0 Å². The SMILES string of the molecule is CC[N](C)[Mo+5]. The van der Waals surface area contributed by atoms with Gasteiger partial charge in [0.1, 0.15) is 0 Å². The van der Waals surface area contributed by atoms with Crippen molar-refractivity contribution in [3.8, 4) is 0 Å². The Balaban J connectivity index is 2.54. The summed E-state index contributed by atoms with van der Waals surface area (Å²) in [6.07, 6.45) is 0. The Hall–Kier alpha value is 0.648. The molecule has 0 aliphatic heterocycles. The predicted octanol–water partition coefficient (Wildman–Crippen LogP) is 0.400. The van der Waals surface area contributed by atoms with Crippen LogP contribution in [0.3, 0.4) is 0 Å². The van der Waals surface area contributed by atoms with E-state index in [4.69, 9.17) is 0 Å². The molecule has 0 saturated heterocycles. The number of hydrogen-bond donors (Lipinski definition) is 0. The molecule has 2 heteroatoms. The van der Waals surface area contributed by atoms with Gasteiger partial charge in [0.15, 0.2) is 0 Å². The Morgan fingerprint density at radius 3 is 2.00 bits per heavy atom. The van der Waals surface area contributed by atoms with Crippen LogP contribution in [0.2, 0.25) is 0 Å². The molecule has 0 spiro atoms. The summed E-state index contributed by atoms with van der Waals surface area (Å²) in [5.41, 5.74) is 0. The third-order valence-electron chi connectivity index (χ3n) is 0.445. The first-order valence-corrected chi connectivity index (χ1v) is 2.55. The van der Waals surface area contributed by atoms with E-state index in [9.17, 15) is 0 Å². The summed E-state index contributed by atoms with van der Waals surface area (Å²) in [5, 5.41) is 0. The average molecular weight is 154 g/mol. The van der Waals surface area contributed by atoms with E-state index in [1.165, 1.54) is 0 Å². The molecule has 0 amide bonds. The second-order valence-corrected chi connectivity index (χ2v) is 2.48. The van der Waals surface area contributed by atoms with Crippen molar-refractivity contribution in [2.45, 2.75) is 6.92 Å². The molecular formula is C3H8MoN+5. The van der Waals surface area contributed by atoms with E-state index >= 15 is 0 Å². The van der Waals surface area contributed by atoms with E-state index in [0.29, 0.717) is 0 Å². The molecule has 0 rings (SSSR count). The van der Waals surface area contributed by atoms with E-state index in [-0.39, 0.29) is 0 Å². The fourth-order valence-corrected chi connectivity index (χ4v) is 0. The molecule has 0 bridgehead atoms.